The number of pyridine rings is 1. The van der Waals surface area contributed by atoms with Gasteiger partial charge in [0.1, 0.15) is 5.71 Å². The number of aromatic nitrogens is 4. The Morgan fingerprint density at radius 1 is 0.453 bits per heavy atom. The van der Waals surface area contributed by atoms with E-state index in [-0.39, 0.29) is 11.4 Å². The van der Waals surface area contributed by atoms with Gasteiger partial charge in [-0.25, -0.2) is 19.9 Å². The fraction of sp³-hybridized carbons (Fsp3) is 0. The molecule has 1 aliphatic rings. The first-order valence-electron chi connectivity index (χ1n) is 17.2. The minimum atomic E-state index is 0.140. The van der Waals surface area contributed by atoms with Crippen LogP contribution in [0.1, 0.15) is 16.7 Å². The topological polar surface area (TPSA) is 108 Å². The van der Waals surface area contributed by atoms with E-state index in [0.29, 0.717) is 28.6 Å². The zero-order valence-corrected chi connectivity index (χ0v) is 28.3. The van der Waals surface area contributed by atoms with Crippen molar-refractivity contribution in [2.45, 2.75) is 0 Å². The maximum Gasteiger partial charge on any atom is 0.164 e. The lowest BCUT2D eigenvalue weighted by Gasteiger charge is -2.24. The molecule has 53 heavy (non-hydrogen) atoms. The Labute approximate surface area is 305 Å². The molecule has 1 aliphatic carbocycles. The molecule has 0 saturated heterocycles. The van der Waals surface area contributed by atoms with Crippen molar-refractivity contribution < 1.29 is 5.21 Å². The van der Waals surface area contributed by atoms with Gasteiger partial charge in [-0.3, -0.25) is 5.41 Å². The van der Waals surface area contributed by atoms with Crippen molar-refractivity contribution in [3.8, 4) is 56.5 Å². The molecular weight excluding hydrogens is 653 g/mol. The summed E-state index contributed by atoms with van der Waals surface area (Å²) in [4.78, 5) is 19.9. The van der Waals surface area contributed by atoms with E-state index in [1.54, 1.807) is 0 Å². The molecule has 250 valence electrons. The van der Waals surface area contributed by atoms with Crippen LogP contribution in [0.25, 0.3) is 79.1 Å². The highest BCUT2D eigenvalue weighted by Crippen LogP contribution is 2.41. The molecule has 0 spiro atoms. The van der Waals surface area contributed by atoms with Gasteiger partial charge in [-0.2, -0.15) is 0 Å². The van der Waals surface area contributed by atoms with Gasteiger partial charge >= 0.3 is 0 Å². The standard InChI is InChI=1S/C46H30N6O/c47-41-36(29-14-5-1-6-15-29)28-37-40(43(41)52-53)39-35(22-13-23-38(39)48-42(37)31-16-7-2-8-17-31)30-24-26-34(27-25-30)46-50-44(32-18-9-3-10-19-32)49-45(51-46)33-20-11-4-12-21-33/h1-28,47,53H/b47-41?,52-43-. The summed E-state index contributed by atoms with van der Waals surface area (Å²) in [6.45, 7) is 0. The Balaban J connectivity index is 1.22. The molecule has 6 aromatic carbocycles. The first kappa shape index (κ1) is 31.6. The molecule has 0 amide bonds. The highest BCUT2D eigenvalue weighted by Gasteiger charge is 2.30. The van der Waals surface area contributed by atoms with E-state index in [0.717, 1.165) is 61.1 Å². The molecule has 9 rings (SSSR count). The van der Waals surface area contributed by atoms with Crippen molar-refractivity contribution >= 4 is 34.0 Å². The van der Waals surface area contributed by atoms with Crippen LogP contribution in [0.15, 0.2) is 169 Å². The van der Waals surface area contributed by atoms with Crippen LogP contribution in [0.3, 0.4) is 0 Å². The molecule has 0 atom stereocenters. The van der Waals surface area contributed by atoms with Crippen LogP contribution >= 0.6 is 0 Å². The van der Waals surface area contributed by atoms with Crippen molar-refractivity contribution in [1.82, 2.24) is 19.9 Å². The summed E-state index contributed by atoms with van der Waals surface area (Å²) >= 11 is 0. The van der Waals surface area contributed by atoms with Gasteiger partial charge in [-0.1, -0.05) is 163 Å². The minimum absolute atomic E-state index is 0.140. The van der Waals surface area contributed by atoms with E-state index in [9.17, 15) is 10.6 Å². The van der Waals surface area contributed by atoms with E-state index in [4.69, 9.17) is 19.9 Å². The SMILES string of the molecule is N=C1C(c2ccccc2)=Cc2c(-c3ccccc3)nc3cccc(-c4ccc(-c5nc(-c6ccccc6)nc(-c6ccccc6)n5)cc4)c3c2/C1=N/O. The zero-order chi connectivity index (χ0) is 35.7. The van der Waals surface area contributed by atoms with E-state index in [2.05, 4.69) is 5.16 Å². The van der Waals surface area contributed by atoms with E-state index in [1.807, 2.05) is 170 Å². The number of nitrogens with zero attached hydrogens (tertiary/aromatic N) is 5. The normalized spacial score (nSPS) is 13.2. The van der Waals surface area contributed by atoms with Crippen LogP contribution in [0.2, 0.25) is 0 Å². The molecule has 7 heteroatoms. The molecule has 0 fully saturated rings. The summed E-state index contributed by atoms with van der Waals surface area (Å²) in [5.41, 5.74) is 10.2. The number of nitrogens with one attached hydrogen (secondary N) is 1. The second-order valence-corrected chi connectivity index (χ2v) is 12.7. The van der Waals surface area contributed by atoms with Gasteiger partial charge < -0.3 is 5.21 Å². The predicted molar refractivity (Wildman–Crippen MR) is 213 cm³/mol. The monoisotopic (exact) mass is 682 g/mol. The Morgan fingerprint density at radius 3 is 1.45 bits per heavy atom. The van der Waals surface area contributed by atoms with Crippen molar-refractivity contribution in [3.63, 3.8) is 0 Å². The Morgan fingerprint density at radius 2 is 0.925 bits per heavy atom. The highest BCUT2D eigenvalue weighted by atomic mass is 16.4. The number of allylic oxidation sites excluding steroid dienone is 1. The molecule has 0 saturated carbocycles. The first-order chi connectivity index (χ1) is 26.2. The van der Waals surface area contributed by atoms with Crippen LogP contribution < -0.4 is 0 Å². The largest absolute Gasteiger partial charge is 0.410 e. The van der Waals surface area contributed by atoms with Crippen molar-refractivity contribution in [1.29, 1.82) is 5.41 Å². The maximum absolute atomic E-state index is 10.6. The van der Waals surface area contributed by atoms with Crippen molar-refractivity contribution in [2.24, 2.45) is 5.16 Å². The molecule has 2 N–H and O–H groups in total. The number of fused-ring (bicyclic) bond motifs is 3. The van der Waals surface area contributed by atoms with Gasteiger partial charge in [0, 0.05) is 44.3 Å². The lowest BCUT2D eigenvalue weighted by atomic mass is 9.81. The quantitative estimate of drug-likeness (QED) is 0.134. The van der Waals surface area contributed by atoms with Gasteiger partial charge in [0.15, 0.2) is 17.5 Å². The second kappa shape index (κ2) is 13.4. The maximum atomic E-state index is 10.6. The third kappa shape index (κ3) is 5.76. The third-order valence-corrected chi connectivity index (χ3v) is 9.47. The first-order valence-corrected chi connectivity index (χ1v) is 17.2. The molecule has 0 bridgehead atoms. The average Bonchev–Trinajstić information content (AvgIpc) is 3.24. The Kier molecular flexibility index (Phi) is 7.98. The van der Waals surface area contributed by atoms with E-state index >= 15 is 0 Å². The minimum Gasteiger partial charge on any atom is -0.410 e. The van der Waals surface area contributed by atoms with Crippen LogP contribution in [0, 0.1) is 5.41 Å². The predicted octanol–water partition coefficient (Wildman–Crippen LogP) is 10.5. The number of oxime groups is 1. The molecule has 2 heterocycles. The highest BCUT2D eigenvalue weighted by molar-refractivity contribution is 6.65. The second-order valence-electron chi connectivity index (χ2n) is 12.7. The molecule has 0 radical (unpaired) electrons. The summed E-state index contributed by atoms with van der Waals surface area (Å²) in [5.74, 6) is 1.76. The summed E-state index contributed by atoms with van der Waals surface area (Å²) in [6.07, 6.45) is 2.01. The van der Waals surface area contributed by atoms with E-state index < -0.39 is 0 Å². The molecule has 0 aliphatic heterocycles. The summed E-state index contributed by atoms with van der Waals surface area (Å²) < 4.78 is 0. The van der Waals surface area contributed by atoms with Gasteiger partial charge in [0.05, 0.1) is 16.9 Å². The summed E-state index contributed by atoms with van der Waals surface area (Å²) in [7, 11) is 0. The number of rotatable bonds is 6. The number of hydrogen-bond donors (Lipinski definition) is 2. The average molecular weight is 683 g/mol. The fourth-order valence-electron chi connectivity index (χ4n) is 6.92. The van der Waals surface area contributed by atoms with Crippen LogP contribution in [-0.4, -0.2) is 36.6 Å². The van der Waals surface area contributed by atoms with Gasteiger partial charge in [0.2, 0.25) is 0 Å². The molecular formula is C46H30N6O. The van der Waals surface area contributed by atoms with Crippen molar-refractivity contribution in [3.05, 3.63) is 180 Å². The van der Waals surface area contributed by atoms with Crippen molar-refractivity contribution in [2.75, 3.05) is 0 Å². The lowest BCUT2D eigenvalue weighted by molar-refractivity contribution is 0.320. The lowest BCUT2D eigenvalue weighted by Crippen LogP contribution is -2.23. The summed E-state index contributed by atoms with van der Waals surface area (Å²) in [6, 6.07) is 53.7. The zero-order valence-electron chi connectivity index (χ0n) is 28.3. The van der Waals surface area contributed by atoms with Crippen LogP contribution in [-0.2, 0) is 0 Å². The molecule has 2 aromatic heterocycles. The van der Waals surface area contributed by atoms with Crippen LogP contribution in [0.5, 0.6) is 0 Å². The van der Waals surface area contributed by atoms with Gasteiger partial charge in [-0.15, -0.1) is 0 Å². The van der Waals surface area contributed by atoms with Gasteiger partial charge in [-0.05, 0) is 28.8 Å². The Bertz CT molecular complexity index is 2650. The Hall–Kier alpha value is -7.38. The number of benzene rings is 6. The fourth-order valence-corrected chi connectivity index (χ4v) is 6.92. The third-order valence-electron chi connectivity index (χ3n) is 9.47. The van der Waals surface area contributed by atoms with Gasteiger partial charge in [0.25, 0.3) is 0 Å². The van der Waals surface area contributed by atoms with Crippen LogP contribution in [0.4, 0.5) is 0 Å². The molecule has 0 unspecified atom stereocenters. The molecule has 7 nitrogen and oxygen atoms in total. The smallest absolute Gasteiger partial charge is 0.164 e. The number of hydrogen-bond acceptors (Lipinski definition) is 7. The van der Waals surface area contributed by atoms with E-state index in [1.165, 1.54) is 0 Å². The summed E-state index contributed by atoms with van der Waals surface area (Å²) in [5, 5.41) is 24.5. The molecule has 8 aromatic rings.